The van der Waals surface area contributed by atoms with Gasteiger partial charge in [0.05, 0.1) is 16.6 Å². The van der Waals surface area contributed by atoms with E-state index < -0.39 is 0 Å². The Morgan fingerprint density at radius 1 is 1.07 bits per heavy atom. The predicted molar refractivity (Wildman–Crippen MR) is 117 cm³/mol. The average Bonchev–Trinajstić information content (AvgIpc) is 3.30. The number of nitrogens with two attached hydrogens (primary N) is 1. The largest absolute Gasteiger partial charge is 0.383 e. The third-order valence-corrected chi connectivity index (χ3v) is 5.42. The Hall–Kier alpha value is -2.93. The highest BCUT2D eigenvalue weighted by Crippen LogP contribution is 2.33. The zero-order valence-corrected chi connectivity index (χ0v) is 17.1. The van der Waals surface area contributed by atoms with Gasteiger partial charge in [0.15, 0.2) is 5.65 Å². The molecule has 28 heavy (non-hydrogen) atoms. The van der Waals surface area contributed by atoms with Crippen LogP contribution in [-0.4, -0.2) is 26.3 Å². The zero-order chi connectivity index (χ0) is 19.7. The van der Waals surface area contributed by atoms with Gasteiger partial charge in [0.1, 0.15) is 5.82 Å². The van der Waals surface area contributed by atoms with Gasteiger partial charge in [-0.25, -0.2) is 9.67 Å². The summed E-state index contributed by atoms with van der Waals surface area (Å²) in [7, 11) is 0. The van der Waals surface area contributed by atoms with Gasteiger partial charge in [-0.15, -0.1) is 16.4 Å². The van der Waals surface area contributed by atoms with Gasteiger partial charge in [-0.2, -0.15) is 4.98 Å². The number of aromatic nitrogens is 4. The number of thiophene rings is 1. The van der Waals surface area contributed by atoms with E-state index >= 15 is 0 Å². The molecular formula is C21H24N6S. The number of benzene rings is 1. The molecule has 144 valence electrons. The highest BCUT2D eigenvalue weighted by molar-refractivity contribution is 7.09. The fraction of sp³-hybridized carbons (Fsp3) is 0.286. The third kappa shape index (κ3) is 3.57. The Balaban J connectivity index is 1.77. The van der Waals surface area contributed by atoms with E-state index in [1.54, 1.807) is 11.3 Å². The first kappa shape index (κ1) is 18.4. The molecule has 1 aromatic carbocycles. The molecule has 4 aromatic rings. The summed E-state index contributed by atoms with van der Waals surface area (Å²) >= 11 is 1.76. The minimum Gasteiger partial charge on any atom is -0.383 e. The van der Waals surface area contributed by atoms with Gasteiger partial charge >= 0.3 is 0 Å². The minimum absolute atomic E-state index is 0.245. The maximum atomic E-state index is 6.48. The Morgan fingerprint density at radius 2 is 1.86 bits per heavy atom. The fourth-order valence-corrected chi connectivity index (χ4v) is 3.87. The Bertz CT molecular complexity index is 1080. The fourth-order valence-electron chi connectivity index (χ4n) is 3.16. The van der Waals surface area contributed by atoms with Crippen molar-refractivity contribution in [1.29, 1.82) is 0 Å². The normalized spacial score (nSPS) is 11.8. The van der Waals surface area contributed by atoms with E-state index in [4.69, 9.17) is 15.8 Å². The van der Waals surface area contributed by atoms with E-state index in [0.717, 1.165) is 29.6 Å². The van der Waals surface area contributed by atoms with Gasteiger partial charge in [-0.3, -0.25) is 0 Å². The van der Waals surface area contributed by atoms with E-state index in [9.17, 15) is 0 Å². The molecule has 3 aromatic heterocycles. The molecule has 6 nitrogen and oxygen atoms in total. The highest BCUT2D eigenvalue weighted by atomic mass is 32.1. The van der Waals surface area contributed by atoms with Crippen LogP contribution in [0.15, 0.2) is 47.8 Å². The summed E-state index contributed by atoms with van der Waals surface area (Å²) in [6.45, 7) is 6.98. The molecular weight excluding hydrogens is 368 g/mol. The van der Waals surface area contributed by atoms with Crippen LogP contribution in [0.3, 0.4) is 0 Å². The van der Waals surface area contributed by atoms with Crippen molar-refractivity contribution in [3.8, 4) is 11.3 Å². The number of hydrogen-bond donors (Lipinski definition) is 2. The van der Waals surface area contributed by atoms with Crippen molar-refractivity contribution in [3.63, 3.8) is 0 Å². The van der Waals surface area contributed by atoms with Crippen molar-refractivity contribution >= 4 is 34.1 Å². The van der Waals surface area contributed by atoms with Crippen LogP contribution in [0.5, 0.6) is 0 Å². The van der Waals surface area contributed by atoms with Crippen LogP contribution in [0, 0.1) is 0 Å². The lowest BCUT2D eigenvalue weighted by molar-refractivity contribution is 0.364. The van der Waals surface area contributed by atoms with E-state index in [1.165, 1.54) is 4.88 Å². The molecule has 0 aliphatic rings. The number of rotatable bonds is 5. The van der Waals surface area contributed by atoms with E-state index in [2.05, 4.69) is 48.6 Å². The van der Waals surface area contributed by atoms with Crippen LogP contribution in [0.25, 0.3) is 22.3 Å². The molecule has 0 saturated heterocycles. The Kier molecular flexibility index (Phi) is 4.77. The smallest absolute Gasteiger partial charge is 0.225 e. The first-order chi connectivity index (χ1) is 13.4. The molecule has 4 rings (SSSR count). The number of anilines is 2. The summed E-state index contributed by atoms with van der Waals surface area (Å²) in [5.74, 6) is 1.16. The number of nitrogens with one attached hydrogen (secondary N) is 1. The summed E-state index contributed by atoms with van der Waals surface area (Å²) < 4.78 is 1.83. The molecule has 7 heteroatoms. The van der Waals surface area contributed by atoms with Gasteiger partial charge in [-0.05, 0) is 38.6 Å². The molecule has 0 aliphatic heterocycles. The van der Waals surface area contributed by atoms with E-state index in [-0.39, 0.29) is 5.54 Å². The van der Waals surface area contributed by atoms with Crippen LogP contribution in [0.1, 0.15) is 25.6 Å². The summed E-state index contributed by atoms with van der Waals surface area (Å²) in [6.07, 6.45) is 0.929. The predicted octanol–water partition coefficient (Wildman–Crippen LogP) is 4.55. The van der Waals surface area contributed by atoms with Crippen molar-refractivity contribution in [3.05, 3.63) is 52.7 Å². The molecule has 0 unspecified atom stereocenters. The summed E-state index contributed by atoms with van der Waals surface area (Å²) in [5.41, 5.74) is 8.65. The molecule has 3 N–H and O–H groups in total. The lowest BCUT2D eigenvalue weighted by Crippen LogP contribution is -2.24. The molecule has 0 saturated carbocycles. The van der Waals surface area contributed by atoms with Crippen molar-refractivity contribution < 1.29 is 0 Å². The lowest BCUT2D eigenvalue weighted by atomic mass is 10.1. The summed E-state index contributed by atoms with van der Waals surface area (Å²) in [6, 6.07) is 14.3. The van der Waals surface area contributed by atoms with Gasteiger partial charge < -0.3 is 11.1 Å². The third-order valence-electron chi connectivity index (χ3n) is 4.49. The molecule has 0 fully saturated rings. The van der Waals surface area contributed by atoms with Gasteiger partial charge in [0.25, 0.3) is 0 Å². The second-order valence-electron chi connectivity index (χ2n) is 7.68. The van der Waals surface area contributed by atoms with E-state index in [1.807, 2.05) is 35.0 Å². The topological polar surface area (TPSA) is 81.7 Å². The second kappa shape index (κ2) is 7.24. The molecule has 0 spiro atoms. The highest BCUT2D eigenvalue weighted by Gasteiger charge is 2.24. The van der Waals surface area contributed by atoms with Crippen molar-refractivity contribution in [1.82, 2.24) is 19.7 Å². The maximum absolute atomic E-state index is 6.48. The molecule has 0 radical (unpaired) electrons. The molecule has 0 amide bonds. The number of hydrogen-bond acceptors (Lipinski definition) is 6. The van der Waals surface area contributed by atoms with Crippen molar-refractivity contribution in [2.24, 2.45) is 0 Å². The SMILES string of the molecule is CC(C)(C)n1nc2nc(NCCc3cccs3)nc(-c3ccccc3)c2c1N. The quantitative estimate of drug-likeness (QED) is 0.521. The summed E-state index contributed by atoms with van der Waals surface area (Å²) in [4.78, 5) is 10.8. The van der Waals surface area contributed by atoms with Gasteiger partial charge in [0, 0.05) is 17.0 Å². The molecule has 0 aliphatic carbocycles. The van der Waals surface area contributed by atoms with E-state index in [0.29, 0.717) is 17.4 Å². The number of nitrogen functional groups attached to an aromatic ring is 1. The first-order valence-corrected chi connectivity index (χ1v) is 10.2. The average molecular weight is 393 g/mol. The lowest BCUT2D eigenvalue weighted by Gasteiger charge is -2.20. The number of fused-ring (bicyclic) bond motifs is 1. The molecule has 0 atom stereocenters. The van der Waals surface area contributed by atoms with Crippen LogP contribution < -0.4 is 11.1 Å². The monoisotopic (exact) mass is 392 g/mol. The summed E-state index contributed by atoms with van der Waals surface area (Å²) in [5, 5.41) is 10.9. The van der Waals surface area contributed by atoms with Crippen LogP contribution >= 0.6 is 11.3 Å². The number of nitrogens with zero attached hydrogens (tertiary/aromatic N) is 4. The minimum atomic E-state index is -0.245. The Morgan fingerprint density at radius 3 is 2.54 bits per heavy atom. The van der Waals surface area contributed by atoms with Crippen LogP contribution in [0.4, 0.5) is 11.8 Å². The van der Waals surface area contributed by atoms with Gasteiger partial charge in [0.2, 0.25) is 5.95 Å². The second-order valence-corrected chi connectivity index (χ2v) is 8.72. The molecule has 0 bridgehead atoms. The van der Waals surface area contributed by atoms with Crippen molar-refractivity contribution in [2.45, 2.75) is 32.7 Å². The van der Waals surface area contributed by atoms with Crippen molar-refractivity contribution in [2.75, 3.05) is 17.6 Å². The van der Waals surface area contributed by atoms with Gasteiger partial charge in [-0.1, -0.05) is 36.4 Å². The zero-order valence-electron chi connectivity index (χ0n) is 16.3. The van der Waals surface area contributed by atoms with Crippen LogP contribution in [0.2, 0.25) is 0 Å². The van der Waals surface area contributed by atoms with Crippen LogP contribution in [-0.2, 0) is 12.0 Å². The Labute approximate surface area is 168 Å². The maximum Gasteiger partial charge on any atom is 0.225 e. The first-order valence-electron chi connectivity index (χ1n) is 9.32. The molecule has 3 heterocycles. The standard InChI is InChI=1S/C21H24N6S/c1-21(2,3)27-18(22)16-17(14-8-5-4-6-9-14)24-20(25-19(16)26-27)23-12-11-15-10-7-13-28-15/h4-10,13H,11-12,22H2,1-3H3,(H,23,25,26).